The number of nitrogens with one attached hydrogen (secondary N) is 1. The molecular weight excluding hydrogens is 424 g/mol. The number of hydrogen-bond acceptors (Lipinski definition) is 9. The van der Waals surface area contributed by atoms with E-state index in [1.165, 1.54) is 0 Å². The molecule has 30 heavy (non-hydrogen) atoms. The van der Waals surface area contributed by atoms with Gasteiger partial charge >= 0.3 is 0 Å². The maximum Gasteiger partial charge on any atom is 0.258 e. The third kappa shape index (κ3) is 4.22. The second-order valence-electron chi connectivity index (χ2n) is 6.63. The van der Waals surface area contributed by atoms with Crippen LogP contribution in [0.15, 0.2) is 52.2 Å². The largest absolute Gasteiger partial charge is 0.481 e. The molecule has 2 unspecified atom stereocenters. The van der Waals surface area contributed by atoms with E-state index in [2.05, 4.69) is 32.7 Å². The van der Waals surface area contributed by atoms with Crippen molar-refractivity contribution in [2.75, 3.05) is 12.1 Å². The number of thioether (sulfide) groups is 1. The summed E-state index contributed by atoms with van der Waals surface area (Å²) in [7, 11) is 1.60. The number of pyridine rings is 1. The number of hydrogen-bond donors (Lipinski definition) is 1. The molecule has 10 heteroatoms. The molecule has 4 rings (SSSR count). The van der Waals surface area contributed by atoms with Crippen molar-refractivity contribution in [3.05, 3.63) is 53.4 Å². The topological polar surface area (TPSA) is 88.7 Å². The summed E-state index contributed by atoms with van der Waals surface area (Å²) in [4.78, 5) is 8.71. The van der Waals surface area contributed by atoms with Gasteiger partial charge in [-0.2, -0.15) is 10.1 Å². The molecule has 2 aromatic heterocycles. The van der Waals surface area contributed by atoms with Crippen molar-refractivity contribution in [3.63, 3.8) is 0 Å². The standard InChI is InChI=1S/C20H21ClN6O2S/c1-4-16-20(24-26-27(16)15-8-9-22-17(11-15)28-3)30-12(2)18-23-19(29-25-18)13-6-5-7-14(21)10-13/h5-12,16,26H,4H2,1-3H3. The van der Waals surface area contributed by atoms with Gasteiger partial charge in [0.25, 0.3) is 5.89 Å². The van der Waals surface area contributed by atoms with Crippen LogP contribution < -0.4 is 15.3 Å². The highest BCUT2D eigenvalue weighted by Gasteiger charge is 2.31. The second kappa shape index (κ2) is 8.93. The minimum atomic E-state index is -0.0387. The number of nitrogens with zero attached hydrogens (tertiary/aromatic N) is 5. The van der Waals surface area contributed by atoms with Crippen LogP contribution in [0.1, 0.15) is 31.3 Å². The van der Waals surface area contributed by atoms with E-state index in [9.17, 15) is 0 Å². The number of hydrazone groups is 1. The first-order chi connectivity index (χ1) is 14.6. The van der Waals surface area contributed by atoms with E-state index >= 15 is 0 Å². The van der Waals surface area contributed by atoms with Crippen molar-refractivity contribution in [3.8, 4) is 17.3 Å². The van der Waals surface area contributed by atoms with Crippen LogP contribution in [0.3, 0.4) is 0 Å². The first kappa shape index (κ1) is 20.5. The molecule has 156 valence electrons. The smallest absolute Gasteiger partial charge is 0.258 e. The van der Waals surface area contributed by atoms with Crippen molar-refractivity contribution in [1.29, 1.82) is 0 Å². The predicted octanol–water partition coefficient (Wildman–Crippen LogP) is 4.70. The molecule has 1 N–H and O–H groups in total. The number of benzene rings is 1. The predicted molar refractivity (Wildman–Crippen MR) is 119 cm³/mol. The van der Waals surface area contributed by atoms with Gasteiger partial charge in [-0.25, -0.2) is 10.5 Å². The molecule has 0 aliphatic carbocycles. The lowest BCUT2D eigenvalue weighted by molar-refractivity contribution is 0.397. The van der Waals surface area contributed by atoms with Crippen LogP contribution in [0.4, 0.5) is 5.69 Å². The summed E-state index contributed by atoms with van der Waals surface area (Å²) in [5.41, 5.74) is 4.84. The second-order valence-corrected chi connectivity index (χ2v) is 8.43. The van der Waals surface area contributed by atoms with Gasteiger partial charge in [0, 0.05) is 22.8 Å². The Balaban J connectivity index is 1.47. The molecule has 3 aromatic rings. The minimum Gasteiger partial charge on any atom is -0.481 e. The molecule has 1 aliphatic heterocycles. The van der Waals surface area contributed by atoms with Gasteiger partial charge in [0.2, 0.25) is 5.88 Å². The maximum atomic E-state index is 6.06. The minimum absolute atomic E-state index is 0.0387. The third-order valence-corrected chi connectivity index (χ3v) is 6.04. The highest BCUT2D eigenvalue weighted by atomic mass is 35.5. The first-order valence-corrected chi connectivity index (χ1v) is 10.7. The third-order valence-electron chi connectivity index (χ3n) is 4.63. The van der Waals surface area contributed by atoms with Gasteiger partial charge in [-0.15, -0.1) is 0 Å². The van der Waals surface area contributed by atoms with Gasteiger partial charge in [0.1, 0.15) is 11.1 Å². The summed E-state index contributed by atoms with van der Waals surface area (Å²) in [5.74, 6) is 1.61. The van der Waals surface area contributed by atoms with Crippen molar-refractivity contribution >= 4 is 34.1 Å². The number of methoxy groups -OCH3 is 1. The molecule has 0 saturated carbocycles. The molecular formula is C20H21ClN6O2S. The number of halogens is 1. The molecule has 1 aromatic carbocycles. The SMILES string of the molecule is CCC1C(SC(C)c2noc(-c3cccc(Cl)c3)n2)=NNN1c1ccnc(OC)c1. The lowest BCUT2D eigenvalue weighted by atomic mass is 10.2. The van der Waals surface area contributed by atoms with Crippen molar-refractivity contribution < 1.29 is 9.26 Å². The Labute approximate surface area is 183 Å². The highest BCUT2D eigenvalue weighted by Crippen LogP contribution is 2.34. The Bertz CT molecular complexity index is 1060. The van der Waals surface area contributed by atoms with Gasteiger partial charge in [-0.1, -0.05) is 41.5 Å². The summed E-state index contributed by atoms with van der Waals surface area (Å²) >= 11 is 7.66. The summed E-state index contributed by atoms with van der Waals surface area (Å²) < 4.78 is 10.7. The highest BCUT2D eigenvalue weighted by molar-refractivity contribution is 8.14. The Hall–Kier alpha value is -2.78. The van der Waals surface area contributed by atoms with Gasteiger partial charge < -0.3 is 9.26 Å². The van der Waals surface area contributed by atoms with Crippen LogP contribution in [-0.4, -0.2) is 33.3 Å². The van der Waals surface area contributed by atoms with Crippen LogP contribution in [0.5, 0.6) is 5.88 Å². The zero-order chi connectivity index (χ0) is 21.1. The Morgan fingerprint density at radius 2 is 2.20 bits per heavy atom. The molecule has 8 nitrogen and oxygen atoms in total. The van der Waals surface area contributed by atoms with Gasteiger partial charge in [-0.05, 0) is 37.6 Å². The maximum absolute atomic E-state index is 6.06. The summed E-state index contributed by atoms with van der Waals surface area (Å²) in [6.07, 6.45) is 2.59. The van der Waals surface area contributed by atoms with Crippen molar-refractivity contribution in [2.24, 2.45) is 5.10 Å². The molecule has 3 heterocycles. The van der Waals surface area contributed by atoms with E-state index in [0.717, 1.165) is 22.7 Å². The van der Waals surface area contributed by atoms with E-state index in [0.29, 0.717) is 22.6 Å². The molecule has 0 radical (unpaired) electrons. The molecule has 0 amide bonds. The fourth-order valence-corrected chi connectivity index (χ4v) is 4.37. The lowest BCUT2D eigenvalue weighted by Crippen LogP contribution is -2.40. The zero-order valence-electron chi connectivity index (χ0n) is 16.7. The van der Waals surface area contributed by atoms with E-state index < -0.39 is 0 Å². The Morgan fingerprint density at radius 3 is 2.97 bits per heavy atom. The summed E-state index contributed by atoms with van der Waals surface area (Å²) in [5, 5.41) is 12.2. The van der Waals surface area contributed by atoms with E-state index in [-0.39, 0.29) is 11.3 Å². The number of rotatable bonds is 6. The molecule has 0 saturated heterocycles. The molecule has 0 spiro atoms. The quantitative estimate of drug-likeness (QED) is 0.585. The van der Waals surface area contributed by atoms with Crippen molar-refractivity contribution in [1.82, 2.24) is 20.7 Å². The van der Waals surface area contributed by atoms with Crippen molar-refractivity contribution in [2.45, 2.75) is 31.6 Å². The van der Waals surface area contributed by atoms with Crippen LogP contribution in [0.2, 0.25) is 5.02 Å². The number of hydrazine groups is 1. The van der Waals surface area contributed by atoms with E-state index in [1.807, 2.05) is 36.2 Å². The van der Waals surface area contributed by atoms with E-state index in [1.54, 1.807) is 37.2 Å². The van der Waals surface area contributed by atoms with Crippen LogP contribution in [0.25, 0.3) is 11.5 Å². The number of aromatic nitrogens is 3. The van der Waals surface area contributed by atoms with Crippen LogP contribution in [-0.2, 0) is 0 Å². The summed E-state index contributed by atoms with van der Waals surface area (Å²) in [6, 6.07) is 11.2. The normalized spacial score (nSPS) is 16.9. The van der Waals surface area contributed by atoms with Crippen LogP contribution in [0, 0.1) is 0 Å². The zero-order valence-corrected chi connectivity index (χ0v) is 18.3. The molecule has 0 fully saturated rings. The monoisotopic (exact) mass is 444 g/mol. The molecule has 2 atom stereocenters. The van der Waals surface area contributed by atoms with E-state index in [4.69, 9.17) is 20.9 Å². The number of anilines is 1. The fraction of sp³-hybridized carbons (Fsp3) is 0.300. The van der Waals surface area contributed by atoms with Gasteiger partial charge in [0.05, 0.1) is 18.0 Å². The average Bonchev–Trinajstić information content (AvgIpc) is 3.41. The molecule has 1 aliphatic rings. The average molecular weight is 445 g/mol. The first-order valence-electron chi connectivity index (χ1n) is 9.47. The van der Waals surface area contributed by atoms with Gasteiger partial charge in [-0.3, -0.25) is 5.01 Å². The fourth-order valence-electron chi connectivity index (χ4n) is 3.09. The lowest BCUT2D eigenvalue weighted by Gasteiger charge is -2.25. The summed E-state index contributed by atoms with van der Waals surface area (Å²) in [6.45, 7) is 4.15. The molecule has 0 bridgehead atoms. The Kier molecular flexibility index (Phi) is 6.10. The number of ether oxygens (including phenoxy) is 1. The Morgan fingerprint density at radius 1 is 1.33 bits per heavy atom. The van der Waals surface area contributed by atoms with Crippen LogP contribution >= 0.6 is 23.4 Å². The van der Waals surface area contributed by atoms with Gasteiger partial charge in [0.15, 0.2) is 5.82 Å².